The molecule has 0 heterocycles. The van der Waals surface area contributed by atoms with Crippen LogP contribution in [0.1, 0.15) is 51.2 Å². The molecule has 3 heteroatoms. The zero-order valence-electron chi connectivity index (χ0n) is 11.9. The smallest absolute Gasteiger partial charge is 0.124 e. The van der Waals surface area contributed by atoms with Crippen LogP contribution < -0.4 is 4.74 Å². The lowest BCUT2D eigenvalue weighted by atomic mass is 9.71. The first-order valence-corrected chi connectivity index (χ1v) is 7.32. The van der Waals surface area contributed by atoms with E-state index in [-0.39, 0.29) is 0 Å². The number of halogens is 1. The molecule has 1 aromatic carbocycles. The number of benzene rings is 1. The van der Waals surface area contributed by atoms with Crippen molar-refractivity contribution in [3.8, 4) is 5.75 Å². The van der Waals surface area contributed by atoms with Gasteiger partial charge in [0.15, 0.2) is 0 Å². The van der Waals surface area contributed by atoms with Crippen LogP contribution >= 0.6 is 11.6 Å². The fourth-order valence-electron chi connectivity index (χ4n) is 2.93. The van der Waals surface area contributed by atoms with Crippen LogP contribution in [0.5, 0.6) is 5.75 Å². The Morgan fingerprint density at radius 1 is 1.32 bits per heavy atom. The predicted octanol–water partition coefficient (Wildman–Crippen LogP) is 4.60. The highest BCUT2D eigenvalue weighted by Gasteiger charge is 2.32. The van der Waals surface area contributed by atoms with Gasteiger partial charge in [-0.2, -0.15) is 0 Å². The van der Waals surface area contributed by atoms with Crippen LogP contribution in [-0.4, -0.2) is 12.2 Å². The second-order valence-electron chi connectivity index (χ2n) is 6.33. The van der Waals surface area contributed by atoms with E-state index in [4.69, 9.17) is 16.3 Å². The van der Waals surface area contributed by atoms with Gasteiger partial charge in [-0.15, -0.1) is 0 Å². The summed E-state index contributed by atoms with van der Waals surface area (Å²) < 4.78 is 5.33. The van der Waals surface area contributed by atoms with Gasteiger partial charge in [-0.05, 0) is 55.2 Å². The number of aliphatic hydroxyl groups excluding tert-OH is 1. The molecule has 0 radical (unpaired) electrons. The molecule has 0 saturated heterocycles. The third kappa shape index (κ3) is 3.43. The SMILES string of the molecule is COc1ccc(Cl)cc1C(O)C1CCC(C)(C)CC1. The summed E-state index contributed by atoms with van der Waals surface area (Å²) >= 11 is 6.04. The van der Waals surface area contributed by atoms with E-state index in [2.05, 4.69) is 13.8 Å². The standard InChI is InChI=1S/C16H23ClO2/c1-16(2)8-6-11(7-9-16)15(18)13-10-12(17)4-5-14(13)19-3/h4-5,10-11,15,18H,6-9H2,1-3H3. The van der Waals surface area contributed by atoms with Gasteiger partial charge in [0.25, 0.3) is 0 Å². The summed E-state index contributed by atoms with van der Waals surface area (Å²) in [4.78, 5) is 0. The van der Waals surface area contributed by atoms with Gasteiger partial charge in [-0.3, -0.25) is 0 Å². The fourth-order valence-corrected chi connectivity index (χ4v) is 3.11. The van der Waals surface area contributed by atoms with Crippen molar-refractivity contribution in [1.82, 2.24) is 0 Å². The Morgan fingerprint density at radius 2 is 1.95 bits per heavy atom. The predicted molar refractivity (Wildman–Crippen MR) is 78.7 cm³/mol. The minimum atomic E-state index is -0.482. The number of ether oxygens (including phenoxy) is 1. The van der Waals surface area contributed by atoms with Crippen LogP contribution in [0.4, 0.5) is 0 Å². The summed E-state index contributed by atoms with van der Waals surface area (Å²) in [6.45, 7) is 4.60. The number of hydrogen-bond acceptors (Lipinski definition) is 2. The van der Waals surface area contributed by atoms with Crippen molar-refractivity contribution >= 4 is 11.6 Å². The van der Waals surface area contributed by atoms with E-state index >= 15 is 0 Å². The normalized spacial score (nSPS) is 21.1. The van der Waals surface area contributed by atoms with Gasteiger partial charge in [-0.25, -0.2) is 0 Å². The van der Waals surface area contributed by atoms with E-state index in [1.54, 1.807) is 13.2 Å². The zero-order chi connectivity index (χ0) is 14.0. The van der Waals surface area contributed by atoms with E-state index in [9.17, 15) is 5.11 Å². The molecular weight excluding hydrogens is 260 g/mol. The Bertz CT molecular complexity index is 432. The van der Waals surface area contributed by atoms with Gasteiger partial charge < -0.3 is 9.84 Å². The molecule has 0 spiro atoms. The molecule has 106 valence electrons. The van der Waals surface area contributed by atoms with Crippen molar-refractivity contribution < 1.29 is 9.84 Å². The summed E-state index contributed by atoms with van der Waals surface area (Å²) in [7, 11) is 1.63. The average molecular weight is 283 g/mol. The van der Waals surface area contributed by atoms with E-state index < -0.39 is 6.10 Å². The van der Waals surface area contributed by atoms with E-state index in [1.165, 1.54) is 0 Å². The average Bonchev–Trinajstić information content (AvgIpc) is 2.38. The molecule has 1 N–H and O–H groups in total. The Morgan fingerprint density at radius 3 is 2.53 bits per heavy atom. The zero-order valence-corrected chi connectivity index (χ0v) is 12.7. The van der Waals surface area contributed by atoms with Crippen LogP contribution in [0.3, 0.4) is 0 Å². The summed E-state index contributed by atoms with van der Waals surface area (Å²) in [5.41, 5.74) is 1.23. The van der Waals surface area contributed by atoms with Crippen molar-refractivity contribution in [3.05, 3.63) is 28.8 Å². The molecule has 1 atom stereocenters. The summed E-state index contributed by atoms with van der Waals surface area (Å²) in [6.07, 6.45) is 3.97. The van der Waals surface area contributed by atoms with Crippen LogP contribution in [0.15, 0.2) is 18.2 Å². The molecule has 1 aromatic rings. The molecule has 0 aromatic heterocycles. The monoisotopic (exact) mass is 282 g/mol. The second kappa shape index (κ2) is 5.72. The molecule has 1 aliphatic rings. The van der Waals surface area contributed by atoms with Gasteiger partial charge >= 0.3 is 0 Å². The third-order valence-corrected chi connectivity index (χ3v) is 4.58. The lowest BCUT2D eigenvalue weighted by Gasteiger charge is -2.36. The van der Waals surface area contributed by atoms with Gasteiger partial charge in [-0.1, -0.05) is 25.4 Å². The fraction of sp³-hybridized carbons (Fsp3) is 0.625. The molecular formula is C16H23ClO2. The van der Waals surface area contributed by atoms with Crippen molar-refractivity contribution in [2.45, 2.75) is 45.6 Å². The summed E-state index contributed by atoms with van der Waals surface area (Å²) in [5.74, 6) is 1.03. The lowest BCUT2D eigenvalue weighted by Crippen LogP contribution is -2.25. The molecule has 2 rings (SSSR count). The van der Waals surface area contributed by atoms with E-state index in [1.807, 2.05) is 12.1 Å². The molecule has 1 unspecified atom stereocenters. The Kier molecular flexibility index (Phi) is 4.42. The first-order valence-electron chi connectivity index (χ1n) is 6.94. The summed E-state index contributed by atoms with van der Waals surface area (Å²) in [5, 5.41) is 11.3. The Balaban J connectivity index is 2.16. The highest BCUT2D eigenvalue weighted by molar-refractivity contribution is 6.30. The quantitative estimate of drug-likeness (QED) is 0.878. The highest BCUT2D eigenvalue weighted by Crippen LogP contribution is 2.44. The second-order valence-corrected chi connectivity index (χ2v) is 6.77. The topological polar surface area (TPSA) is 29.5 Å². The van der Waals surface area contributed by atoms with Crippen LogP contribution in [-0.2, 0) is 0 Å². The third-order valence-electron chi connectivity index (χ3n) is 4.34. The first-order chi connectivity index (χ1) is 8.93. The van der Waals surface area contributed by atoms with Crippen LogP contribution in [0.2, 0.25) is 5.02 Å². The number of rotatable bonds is 3. The minimum absolute atomic E-state index is 0.306. The van der Waals surface area contributed by atoms with Gasteiger partial charge in [0.2, 0.25) is 0 Å². The Hall–Kier alpha value is -0.730. The van der Waals surface area contributed by atoms with Gasteiger partial charge in [0, 0.05) is 10.6 Å². The molecule has 2 nitrogen and oxygen atoms in total. The molecule has 1 fully saturated rings. The van der Waals surface area contributed by atoms with Crippen molar-refractivity contribution in [2.75, 3.05) is 7.11 Å². The van der Waals surface area contributed by atoms with Crippen molar-refractivity contribution in [3.63, 3.8) is 0 Å². The van der Waals surface area contributed by atoms with Gasteiger partial charge in [0.1, 0.15) is 5.75 Å². The minimum Gasteiger partial charge on any atom is -0.496 e. The lowest BCUT2D eigenvalue weighted by molar-refractivity contribution is 0.0550. The molecule has 0 bridgehead atoms. The highest BCUT2D eigenvalue weighted by atomic mass is 35.5. The Labute approximate surface area is 120 Å². The first kappa shape index (κ1) is 14.7. The number of methoxy groups -OCH3 is 1. The summed E-state index contributed by atoms with van der Waals surface area (Å²) in [6, 6.07) is 5.44. The van der Waals surface area contributed by atoms with Crippen molar-refractivity contribution in [1.29, 1.82) is 0 Å². The van der Waals surface area contributed by atoms with E-state index in [0.717, 1.165) is 37.0 Å². The van der Waals surface area contributed by atoms with Crippen LogP contribution in [0.25, 0.3) is 0 Å². The van der Waals surface area contributed by atoms with Gasteiger partial charge in [0.05, 0.1) is 13.2 Å². The maximum absolute atomic E-state index is 10.6. The number of aliphatic hydroxyl groups is 1. The molecule has 0 aliphatic heterocycles. The van der Waals surface area contributed by atoms with Crippen molar-refractivity contribution in [2.24, 2.45) is 11.3 Å². The molecule has 19 heavy (non-hydrogen) atoms. The largest absolute Gasteiger partial charge is 0.496 e. The maximum atomic E-state index is 10.6. The van der Waals surface area contributed by atoms with E-state index in [0.29, 0.717) is 16.4 Å². The molecule has 1 saturated carbocycles. The molecule has 1 aliphatic carbocycles. The van der Waals surface area contributed by atoms with Crippen LogP contribution in [0, 0.1) is 11.3 Å². The number of hydrogen-bond donors (Lipinski definition) is 1. The molecule has 0 amide bonds. The maximum Gasteiger partial charge on any atom is 0.124 e.